The van der Waals surface area contributed by atoms with Crippen LogP contribution in [-0.2, 0) is 4.79 Å². The summed E-state index contributed by atoms with van der Waals surface area (Å²) in [6.45, 7) is 1.87. The fraction of sp³-hybridized carbons (Fsp3) is 0.333. The minimum atomic E-state index is -0.448. The standard InChI is InChI=1S/C9H12N2O2/c1-6-2-3-7(11-6)8(12)4-5-9(10)13/h2-3,11H,4-5H2,1H3,(H2,10,13). The molecule has 0 aliphatic carbocycles. The highest BCUT2D eigenvalue weighted by molar-refractivity contribution is 5.96. The van der Waals surface area contributed by atoms with E-state index >= 15 is 0 Å². The van der Waals surface area contributed by atoms with Gasteiger partial charge in [-0.3, -0.25) is 9.59 Å². The molecule has 0 saturated carbocycles. The summed E-state index contributed by atoms with van der Waals surface area (Å²) in [7, 11) is 0. The summed E-state index contributed by atoms with van der Waals surface area (Å²) < 4.78 is 0. The van der Waals surface area contributed by atoms with E-state index in [1.807, 2.05) is 13.0 Å². The van der Waals surface area contributed by atoms with Crippen LogP contribution in [0.4, 0.5) is 0 Å². The Labute approximate surface area is 76.1 Å². The van der Waals surface area contributed by atoms with Crippen LogP contribution in [-0.4, -0.2) is 16.7 Å². The predicted molar refractivity (Wildman–Crippen MR) is 48.3 cm³/mol. The van der Waals surface area contributed by atoms with Crippen molar-refractivity contribution >= 4 is 11.7 Å². The SMILES string of the molecule is Cc1ccc(C(=O)CCC(N)=O)[nH]1. The number of amides is 1. The van der Waals surface area contributed by atoms with Crippen molar-refractivity contribution in [3.8, 4) is 0 Å². The van der Waals surface area contributed by atoms with Crippen LogP contribution < -0.4 is 5.73 Å². The molecule has 0 bridgehead atoms. The molecule has 0 aromatic carbocycles. The largest absolute Gasteiger partial charge is 0.370 e. The summed E-state index contributed by atoms with van der Waals surface area (Å²) in [6.07, 6.45) is 0.284. The molecule has 1 aromatic rings. The number of rotatable bonds is 4. The van der Waals surface area contributed by atoms with Gasteiger partial charge < -0.3 is 10.7 Å². The van der Waals surface area contributed by atoms with E-state index in [2.05, 4.69) is 4.98 Å². The number of carbonyl (C=O) groups excluding carboxylic acids is 2. The molecule has 3 N–H and O–H groups in total. The Bertz CT molecular complexity index is 328. The van der Waals surface area contributed by atoms with Crippen molar-refractivity contribution in [3.05, 3.63) is 23.5 Å². The molecular weight excluding hydrogens is 168 g/mol. The first-order valence-electron chi connectivity index (χ1n) is 4.06. The lowest BCUT2D eigenvalue weighted by molar-refractivity contribution is -0.118. The van der Waals surface area contributed by atoms with E-state index < -0.39 is 5.91 Å². The van der Waals surface area contributed by atoms with Crippen molar-refractivity contribution in [2.24, 2.45) is 5.73 Å². The number of primary amides is 1. The van der Waals surface area contributed by atoms with Crippen LogP contribution >= 0.6 is 0 Å². The van der Waals surface area contributed by atoms with Gasteiger partial charge in [-0.15, -0.1) is 0 Å². The highest BCUT2D eigenvalue weighted by Crippen LogP contribution is 2.04. The quantitative estimate of drug-likeness (QED) is 0.671. The van der Waals surface area contributed by atoms with Crippen molar-refractivity contribution < 1.29 is 9.59 Å². The third-order valence-electron chi connectivity index (χ3n) is 1.73. The molecule has 1 amide bonds. The van der Waals surface area contributed by atoms with Crippen LogP contribution in [0.25, 0.3) is 0 Å². The zero-order valence-electron chi connectivity index (χ0n) is 7.46. The second-order valence-corrected chi connectivity index (χ2v) is 2.94. The fourth-order valence-electron chi connectivity index (χ4n) is 1.04. The van der Waals surface area contributed by atoms with E-state index in [1.165, 1.54) is 0 Å². The van der Waals surface area contributed by atoms with Crippen molar-refractivity contribution in [2.75, 3.05) is 0 Å². The van der Waals surface area contributed by atoms with Gasteiger partial charge in [-0.1, -0.05) is 0 Å². The zero-order valence-corrected chi connectivity index (χ0v) is 7.46. The maximum Gasteiger partial charge on any atom is 0.217 e. The van der Waals surface area contributed by atoms with Gasteiger partial charge in [-0.05, 0) is 19.1 Å². The van der Waals surface area contributed by atoms with Crippen LogP contribution in [0.3, 0.4) is 0 Å². The molecule has 4 heteroatoms. The van der Waals surface area contributed by atoms with Crippen LogP contribution in [0.1, 0.15) is 29.0 Å². The van der Waals surface area contributed by atoms with E-state index in [0.717, 1.165) is 5.69 Å². The number of ketones is 1. The lowest BCUT2D eigenvalue weighted by atomic mass is 10.2. The molecule has 0 unspecified atom stereocenters. The van der Waals surface area contributed by atoms with Gasteiger partial charge in [0.15, 0.2) is 5.78 Å². The molecule has 1 aromatic heterocycles. The number of carbonyl (C=O) groups is 2. The monoisotopic (exact) mass is 180 g/mol. The van der Waals surface area contributed by atoms with E-state index in [4.69, 9.17) is 5.73 Å². The third kappa shape index (κ3) is 2.74. The number of Topliss-reactive ketones (excluding diaryl/α,β-unsaturated/α-hetero) is 1. The second-order valence-electron chi connectivity index (χ2n) is 2.94. The van der Waals surface area contributed by atoms with Crippen LogP contribution in [0.5, 0.6) is 0 Å². The summed E-state index contributed by atoms with van der Waals surface area (Å²) in [5, 5.41) is 0. The molecule has 13 heavy (non-hydrogen) atoms. The Morgan fingerprint density at radius 3 is 2.54 bits per heavy atom. The maximum atomic E-state index is 11.3. The van der Waals surface area contributed by atoms with Gasteiger partial charge >= 0.3 is 0 Å². The van der Waals surface area contributed by atoms with E-state index in [1.54, 1.807) is 6.07 Å². The normalized spacial score (nSPS) is 9.92. The topological polar surface area (TPSA) is 76.0 Å². The van der Waals surface area contributed by atoms with E-state index in [-0.39, 0.29) is 18.6 Å². The van der Waals surface area contributed by atoms with Crippen molar-refractivity contribution in [1.82, 2.24) is 4.98 Å². The first-order chi connectivity index (χ1) is 6.09. The smallest absolute Gasteiger partial charge is 0.217 e. The molecule has 4 nitrogen and oxygen atoms in total. The Kier molecular flexibility index (Phi) is 2.84. The van der Waals surface area contributed by atoms with Gasteiger partial charge in [0.2, 0.25) is 5.91 Å². The lowest BCUT2D eigenvalue weighted by Crippen LogP contribution is -2.12. The molecule has 0 radical (unpaired) electrons. The predicted octanol–water partition coefficient (Wildman–Crippen LogP) is 0.771. The Morgan fingerprint density at radius 1 is 1.38 bits per heavy atom. The van der Waals surface area contributed by atoms with E-state index in [9.17, 15) is 9.59 Å². The molecule has 0 atom stereocenters. The van der Waals surface area contributed by atoms with Crippen LogP contribution in [0.15, 0.2) is 12.1 Å². The molecule has 0 aliphatic heterocycles. The van der Waals surface area contributed by atoms with Gasteiger partial charge in [-0.25, -0.2) is 0 Å². The number of hydrogen-bond acceptors (Lipinski definition) is 2. The maximum absolute atomic E-state index is 11.3. The molecule has 70 valence electrons. The summed E-state index contributed by atoms with van der Waals surface area (Å²) in [6, 6.07) is 3.52. The molecule has 0 fully saturated rings. The molecule has 0 spiro atoms. The highest BCUT2D eigenvalue weighted by Gasteiger charge is 2.08. The van der Waals surface area contributed by atoms with Crippen LogP contribution in [0.2, 0.25) is 0 Å². The van der Waals surface area contributed by atoms with Crippen molar-refractivity contribution in [1.29, 1.82) is 0 Å². The number of aromatic nitrogens is 1. The minimum absolute atomic E-state index is 0.0769. The fourth-order valence-corrected chi connectivity index (χ4v) is 1.04. The molecule has 0 aliphatic rings. The number of aryl methyl sites for hydroxylation is 1. The van der Waals surface area contributed by atoms with Gasteiger partial charge in [0.05, 0.1) is 5.69 Å². The van der Waals surface area contributed by atoms with Gasteiger partial charge in [0.1, 0.15) is 0 Å². The highest BCUT2D eigenvalue weighted by atomic mass is 16.1. The first-order valence-corrected chi connectivity index (χ1v) is 4.06. The second kappa shape index (κ2) is 3.89. The number of nitrogens with one attached hydrogen (secondary N) is 1. The third-order valence-corrected chi connectivity index (χ3v) is 1.73. The average molecular weight is 180 g/mol. The zero-order chi connectivity index (χ0) is 9.84. The Hall–Kier alpha value is -1.58. The molecule has 1 heterocycles. The summed E-state index contributed by atoms with van der Waals surface area (Å²) in [5.74, 6) is -0.525. The minimum Gasteiger partial charge on any atom is -0.370 e. The average Bonchev–Trinajstić information content (AvgIpc) is 2.47. The van der Waals surface area contributed by atoms with Crippen molar-refractivity contribution in [2.45, 2.75) is 19.8 Å². The van der Waals surface area contributed by atoms with Gasteiger partial charge in [-0.2, -0.15) is 0 Å². The number of hydrogen-bond donors (Lipinski definition) is 2. The molecule has 0 saturated heterocycles. The number of nitrogens with two attached hydrogens (primary N) is 1. The summed E-state index contributed by atoms with van der Waals surface area (Å²) >= 11 is 0. The molecule has 1 rings (SSSR count). The molecular formula is C9H12N2O2. The summed E-state index contributed by atoms with van der Waals surface area (Å²) in [4.78, 5) is 24.6. The Balaban J connectivity index is 2.54. The van der Waals surface area contributed by atoms with Crippen molar-refractivity contribution in [3.63, 3.8) is 0 Å². The van der Waals surface area contributed by atoms with Crippen LogP contribution in [0, 0.1) is 6.92 Å². The van der Waals surface area contributed by atoms with Gasteiger partial charge in [0, 0.05) is 18.5 Å². The number of H-pyrrole nitrogens is 1. The van der Waals surface area contributed by atoms with E-state index in [0.29, 0.717) is 5.69 Å². The Morgan fingerprint density at radius 2 is 2.08 bits per heavy atom. The lowest BCUT2D eigenvalue weighted by Gasteiger charge is -1.94. The summed E-state index contributed by atoms with van der Waals surface area (Å²) in [5.41, 5.74) is 6.40. The van der Waals surface area contributed by atoms with Gasteiger partial charge in [0.25, 0.3) is 0 Å². The number of aromatic amines is 1. The first kappa shape index (κ1) is 9.51.